The van der Waals surface area contributed by atoms with Crippen LogP contribution in [0.3, 0.4) is 0 Å². The number of hydrogen-bond acceptors (Lipinski definition) is 2. The van der Waals surface area contributed by atoms with E-state index in [9.17, 15) is 4.79 Å². The van der Waals surface area contributed by atoms with Crippen LogP contribution >= 0.6 is 0 Å². The molecule has 2 aromatic carbocycles. The summed E-state index contributed by atoms with van der Waals surface area (Å²) in [6.45, 7) is 6.93. The van der Waals surface area contributed by atoms with Crippen LogP contribution in [0.25, 0.3) is 11.1 Å². The molecule has 0 N–H and O–H groups in total. The van der Waals surface area contributed by atoms with Gasteiger partial charge in [-0.25, -0.2) is 0 Å². The Balaban J connectivity index is 1.52. The Morgan fingerprint density at radius 2 is 1.57 bits per heavy atom. The Kier molecular flexibility index (Phi) is 6.22. The SMILES string of the molecule is CC(C)=CCC1C(C)CC=CCC1C(=O)OCC1c2ccccc2-c2ccccc21. The zero-order chi connectivity index (χ0) is 21.1. The summed E-state index contributed by atoms with van der Waals surface area (Å²) in [7, 11) is 0. The first kappa shape index (κ1) is 20.7. The molecule has 0 aromatic heterocycles. The Morgan fingerprint density at radius 3 is 2.20 bits per heavy atom. The molecule has 3 unspecified atom stereocenters. The topological polar surface area (TPSA) is 26.3 Å². The van der Waals surface area contributed by atoms with Gasteiger partial charge in [0.15, 0.2) is 0 Å². The molecule has 4 rings (SSSR count). The summed E-state index contributed by atoms with van der Waals surface area (Å²) < 4.78 is 6.03. The lowest BCUT2D eigenvalue weighted by molar-refractivity contribution is -0.151. The van der Waals surface area contributed by atoms with E-state index in [1.807, 2.05) is 0 Å². The quantitative estimate of drug-likeness (QED) is 0.402. The van der Waals surface area contributed by atoms with Crippen LogP contribution in [-0.4, -0.2) is 12.6 Å². The first-order chi connectivity index (χ1) is 14.6. The van der Waals surface area contributed by atoms with Crippen molar-refractivity contribution in [2.24, 2.45) is 17.8 Å². The maximum Gasteiger partial charge on any atom is 0.309 e. The Morgan fingerprint density at radius 1 is 0.967 bits per heavy atom. The van der Waals surface area contributed by atoms with E-state index in [0.717, 1.165) is 19.3 Å². The number of rotatable bonds is 5. The molecule has 0 bridgehead atoms. The van der Waals surface area contributed by atoms with E-state index >= 15 is 0 Å². The number of fused-ring (bicyclic) bond motifs is 3. The third kappa shape index (κ3) is 4.14. The van der Waals surface area contributed by atoms with Gasteiger partial charge in [0.1, 0.15) is 6.61 Å². The second-order valence-electron chi connectivity index (χ2n) is 9.06. The molecule has 156 valence electrons. The van der Waals surface area contributed by atoms with Gasteiger partial charge in [-0.15, -0.1) is 0 Å². The van der Waals surface area contributed by atoms with Gasteiger partial charge in [0.25, 0.3) is 0 Å². The van der Waals surface area contributed by atoms with Crippen LogP contribution < -0.4 is 0 Å². The molecule has 3 atom stereocenters. The average Bonchev–Trinajstić information content (AvgIpc) is 2.94. The molecule has 0 spiro atoms. The predicted molar refractivity (Wildman–Crippen MR) is 123 cm³/mol. The number of esters is 1. The minimum absolute atomic E-state index is 0.0394. The molecule has 2 aliphatic rings. The monoisotopic (exact) mass is 400 g/mol. The number of carbonyl (C=O) groups excluding carboxylic acids is 1. The lowest BCUT2D eigenvalue weighted by Crippen LogP contribution is -2.29. The van der Waals surface area contributed by atoms with Gasteiger partial charge in [-0.3, -0.25) is 4.79 Å². The number of ether oxygens (including phenoxy) is 1. The third-order valence-electron chi connectivity index (χ3n) is 6.77. The van der Waals surface area contributed by atoms with E-state index in [1.165, 1.54) is 27.8 Å². The molecule has 2 aromatic rings. The Bertz CT molecular complexity index is 919. The van der Waals surface area contributed by atoms with E-state index in [4.69, 9.17) is 4.74 Å². The standard InChI is InChI=1S/C28H32O2/c1-19(2)16-17-21-20(3)10-4-5-15-26(21)28(29)30-18-27-24-13-8-6-11-22(24)23-12-7-9-14-25(23)27/h4-9,11-14,16,20-21,26-27H,10,15,17-18H2,1-3H3. The Hall–Kier alpha value is -2.61. The second-order valence-corrected chi connectivity index (χ2v) is 9.06. The van der Waals surface area contributed by atoms with Crippen LogP contribution in [0.1, 0.15) is 57.1 Å². The summed E-state index contributed by atoms with van der Waals surface area (Å²) in [4.78, 5) is 13.3. The summed E-state index contributed by atoms with van der Waals surface area (Å²) >= 11 is 0. The zero-order valence-electron chi connectivity index (χ0n) is 18.3. The van der Waals surface area contributed by atoms with E-state index in [2.05, 4.69) is 87.5 Å². The number of hydrogen-bond donors (Lipinski definition) is 0. The smallest absolute Gasteiger partial charge is 0.309 e. The molecule has 30 heavy (non-hydrogen) atoms. The summed E-state index contributed by atoms with van der Waals surface area (Å²) in [6, 6.07) is 17.0. The molecule has 0 saturated carbocycles. The first-order valence-corrected chi connectivity index (χ1v) is 11.2. The minimum atomic E-state index is -0.0683. The predicted octanol–water partition coefficient (Wildman–Crippen LogP) is 6.92. The number of carbonyl (C=O) groups is 1. The molecule has 2 heteroatoms. The fourth-order valence-electron chi connectivity index (χ4n) is 5.05. The van der Waals surface area contributed by atoms with Gasteiger partial charge in [-0.05, 0) is 67.2 Å². The van der Waals surface area contributed by atoms with E-state index in [1.54, 1.807) is 0 Å². The van der Waals surface area contributed by atoms with Gasteiger partial charge in [-0.2, -0.15) is 0 Å². The average molecular weight is 401 g/mol. The van der Waals surface area contributed by atoms with Crippen LogP contribution in [0.4, 0.5) is 0 Å². The summed E-state index contributed by atoms with van der Waals surface area (Å²) in [5.41, 5.74) is 6.37. The van der Waals surface area contributed by atoms with Crippen LogP contribution in [0.5, 0.6) is 0 Å². The fraction of sp³-hybridized carbons (Fsp3) is 0.393. The Labute approximate surface area is 180 Å². The van der Waals surface area contributed by atoms with Gasteiger partial charge in [0, 0.05) is 5.92 Å². The molecule has 0 aliphatic heterocycles. The van der Waals surface area contributed by atoms with Gasteiger partial charge >= 0.3 is 5.97 Å². The fourth-order valence-corrected chi connectivity index (χ4v) is 5.05. The van der Waals surface area contributed by atoms with Gasteiger partial charge in [0.05, 0.1) is 5.92 Å². The van der Waals surface area contributed by atoms with Crippen molar-refractivity contribution in [3.05, 3.63) is 83.5 Å². The highest BCUT2D eigenvalue weighted by Crippen LogP contribution is 2.44. The largest absolute Gasteiger partial charge is 0.464 e. The molecule has 0 amide bonds. The minimum Gasteiger partial charge on any atom is -0.464 e. The summed E-state index contributed by atoms with van der Waals surface area (Å²) in [5.74, 6) is 0.815. The van der Waals surface area contributed by atoms with Crippen molar-refractivity contribution in [3.8, 4) is 11.1 Å². The molecule has 0 radical (unpaired) electrons. The normalized spacial score (nSPS) is 22.7. The molecular formula is C28H32O2. The molecule has 2 aliphatic carbocycles. The molecule has 2 nitrogen and oxygen atoms in total. The third-order valence-corrected chi connectivity index (χ3v) is 6.77. The van der Waals surface area contributed by atoms with Crippen molar-refractivity contribution in [1.82, 2.24) is 0 Å². The highest BCUT2D eigenvalue weighted by Gasteiger charge is 2.35. The van der Waals surface area contributed by atoms with E-state index in [-0.39, 0.29) is 17.8 Å². The van der Waals surface area contributed by atoms with Crippen LogP contribution in [-0.2, 0) is 9.53 Å². The second kappa shape index (κ2) is 9.04. The lowest BCUT2D eigenvalue weighted by Gasteiger charge is -2.28. The van der Waals surface area contributed by atoms with Crippen molar-refractivity contribution >= 4 is 5.97 Å². The summed E-state index contributed by atoms with van der Waals surface area (Å²) in [5, 5.41) is 0. The van der Waals surface area contributed by atoms with Crippen LogP contribution in [0.15, 0.2) is 72.3 Å². The first-order valence-electron chi connectivity index (χ1n) is 11.2. The molecule has 0 fully saturated rings. The highest BCUT2D eigenvalue weighted by molar-refractivity contribution is 5.79. The maximum absolute atomic E-state index is 13.3. The van der Waals surface area contributed by atoms with Crippen molar-refractivity contribution in [3.63, 3.8) is 0 Å². The van der Waals surface area contributed by atoms with Crippen molar-refractivity contribution < 1.29 is 9.53 Å². The maximum atomic E-state index is 13.3. The van der Waals surface area contributed by atoms with Crippen molar-refractivity contribution in [1.29, 1.82) is 0 Å². The highest BCUT2D eigenvalue weighted by atomic mass is 16.5. The number of benzene rings is 2. The van der Waals surface area contributed by atoms with E-state index < -0.39 is 0 Å². The molecular weight excluding hydrogens is 368 g/mol. The van der Waals surface area contributed by atoms with Gasteiger partial charge in [-0.1, -0.05) is 79.3 Å². The van der Waals surface area contributed by atoms with Crippen molar-refractivity contribution in [2.75, 3.05) is 6.61 Å². The lowest BCUT2D eigenvalue weighted by atomic mass is 9.78. The molecule has 0 saturated heterocycles. The number of allylic oxidation sites excluding steroid dienone is 4. The van der Waals surface area contributed by atoms with Crippen LogP contribution in [0, 0.1) is 17.8 Å². The van der Waals surface area contributed by atoms with Gasteiger partial charge in [0.2, 0.25) is 0 Å². The van der Waals surface area contributed by atoms with Crippen LogP contribution in [0.2, 0.25) is 0 Å². The van der Waals surface area contributed by atoms with E-state index in [0.29, 0.717) is 18.4 Å². The zero-order valence-corrected chi connectivity index (χ0v) is 18.3. The van der Waals surface area contributed by atoms with Crippen molar-refractivity contribution in [2.45, 2.75) is 46.0 Å². The van der Waals surface area contributed by atoms with Gasteiger partial charge < -0.3 is 4.74 Å². The molecule has 0 heterocycles. The summed E-state index contributed by atoms with van der Waals surface area (Å²) in [6.07, 6.45) is 9.44.